The van der Waals surface area contributed by atoms with Gasteiger partial charge in [-0.05, 0) is 58.3 Å². The van der Waals surface area contributed by atoms with Crippen LogP contribution in [0.4, 0.5) is 4.39 Å². The summed E-state index contributed by atoms with van der Waals surface area (Å²) in [7, 11) is 0. The molecule has 4 rings (SSSR count). The van der Waals surface area contributed by atoms with Crippen molar-refractivity contribution in [1.82, 2.24) is 0 Å². The predicted molar refractivity (Wildman–Crippen MR) is 101 cm³/mol. The fraction of sp³-hybridized carbons (Fsp3) is 0. The molecule has 126 valence electrons. The average Bonchev–Trinajstić information content (AvgIpc) is 2.68. The zero-order valence-electron chi connectivity index (χ0n) is 13.8. The molecule has 26 heavy (non-hydrogen) atoms. The number of hydrogen-bond donors (Lipinski definition) is 1. The first-order valence-corrected chi connectivity index (χ1v) is 8.24. The lowest BCUT2D eigenvalue weighted by Crippen LogP contribution is -2.01. The molecular weight excluding hydrogens is 327 g/mol. The van der Waals surface area contributed by atoms with Crippen LogP contribution >= 0.6 is 0 Å². The monoisotopic (exact) mass is 342 g/mol. The molecule has 4 aromatic rings. The van der Waals surface area contributed by atoms with Crippen molar-refractivity contribution in [2.75, 3.05) is 0 Å². The minimum Gasteiger partial charge on any atom is -0.508 e. The van der Waals surface area contributed by atoms with Crippen molar-refractivity contribution in [2.24, 2.45) is 0 Å². The normalized spacial score (nSPS) is 10.8. The Kier molecular flexibility index (Phi) is 3.98. The van der Waals surface area contributed by atoms with Crippen LogP contribution in [-0.4, -0.2) is 10.9 Å². The molecule has 0 spiro atoms. The summed E-state index contributed by atoms with van der Waals surface area (Å²) in [5.41, 5.74) is 2.94. The molecule has 4 aromatic carbocycles. The average molecular weight is 342 g/mol. The number of carbonyl (C=O) groups is 1. The Labute approximate surface area is 150 Å². The third-order valence-corrected chi connectivity index (χ3v) is 4.43. The molecule has 0 aliphatic heterocycles. The quantitative estimate of drug-likeness (QED) is 0.493. The molecule has 3 heteroatoms. The molecule has 0 heterocycles. The highest BCUT2D eigenvalue weighted by Crippen LogP contribution is 2.31. The fourth-order valence-corrected chi connectivity index (χ4v) is 3.08. The van der Waals surface area contributed by atoms with Gasteiger partial charge < -0.3 is 5.11 Å². The SMILES string of the molecule is O=C(c1ccc(F)cc1)c1ccc(-c2cccc3ccc(O)cc23)cc1. The molecule has 0 saturated heterocycles. The summed E-state index contributed by atoms with van der Waals surface area (Å²) in [5.74, 6) is -0.295. The summed E-state index contributed by atoms with van der Waals surface area (Å²) in [5, 5.41) is 11.8. The Morgan fingerprint density at radius 2 is 1.42 bits per heavy atom. The van der Waals surface area contributed by atoms with E-state index >= 15 is 0 Å². The van der Waals surface area contributed by atoms with Gasteiger partial charge in [0.25, 0.3) is 0 Å². The molecular formula is C23H15FO2. The molecule has 0 radical (unpaired) electrons. The van der Waals surface area contributed by atoms with Gasteiger partial charge >= 0.3 is 0 Å². The zero-order chi connectivity index (χ0) is 18.1. The van der Waals surface area contributed by atoms with Crippen LogP contribution in [-0.2, 0) is 0 Å². The van der Waals surface area contributed by atoms with Gasteiger partial charge in [-0.2, -0.15) is 0 Å². The third kappa shape index (κ3) is 2.95. The van der Waals surface area contributed by atoms with Crippen LogP contribution < -0.4 is 0 Å². The highest BCUT2D eigenvalue weighted by Gasteiger charge is 2.10. The van der Waals surface area contributed by atoms with Crippen molar-refractivity contribution in [3.05, 3.63) is 102 Å². The summed E-state index contributed by atoms with van der Waals surface area (Å²) >= 11 is 0. The number of fused-ring (bicyclic) bond motifs is 1. The standard InChI is InChI=1S/C23H15FO2/c24-19-11-8-18(9-12-19)23(26)17-6-4-16(5-7-17)21-3-1-2-15-10-13-20(25)14-22(15)21/h1-14,25H. The lowest BCUT2D eigenvalue weighted by atomic mass is 9.96. The smallest absolute Gasteiger partial charge is 0.193 e. The van der Waals surface area contributed by atoms with Crippen molar-refractivity contribution in [3.8, 4) is 16.9 Å². The fourth-order valence-electron chi connectivity index (χ4n) is 3.08. The van der Waals surface area contributed by atoms with E-state index in [-0.39, 0.29) is 17.3 Å². The van der Waals surface area contributed by atoms with E-state index < -0.39 is 0 Å². The lowest BCUT2D eigenvalue weighted by molar-refractivity contribution is 0.103. The van der Waals surface area contributed by atoms with Crippen LogP contribution in [0.25, 0.3) is 21.9 Å². The van der Waals surface area contributed by atoms with Crippen LogP contribution in [0.2, 0.25) is 0 Å². The highest BCUT2D eigenvalue weighted by atomic mass is 19.1. The summed E-state index contributed by atoms with van der Waals surface area (Å²) in [4.78, 5) is 12.5. The number of aromatic hydroxyl groups is 1. The number of phenolic OH excluding ortho intramolecular Hbond substituents is 1. The molecule has 0 atom stereocenters. The molecule has 0 aliphatic carbocycles. The van der Waals surface area contributed by atoms with E-state index in [0.717, 1.165) is 21.9 Å². The largest absolute Gasteiger partial charge is 0.508 e. The number of ketones is 1. The molecule has 0 aromatic heterocycles. The van der Waals surface area contributed by atoms with E-state index in [2.05, 4.69) is 0 Å². The van der Waals surface area contributed by atoms with Gasteiger partial charge in [0, 0.05) is 11.1 Å². The predicted octanol–water partition coefficient (Wildman–Crippen LogP) is 5.58. The van der Waals surface area contributed by atoms with Gasteiger partial charge in [0.05, 0.1) is 0 Å². The van der Waals surface area contributed by atoms with E-state index in [0.29, 0.717) is 11.1 Å². The molecule has 0 saturated carbocycles. The molecule has 0 amide bonds. The number of rotatable bonds is 3. The van der Waals surface area contributed by atoms with Crippen LogP contribution in [0.5, 0.6) is 5.75 Å². The Bertz CT molecular complexity index is 1100. The van der Waals surface area contributed by atoms with Gasteiger partial charge in [-0.3, -0.25) is 4.79 Å². The van der Waals surface area contributed by atoms with E-state index in [1.54, 1.807) is 24.3 Å². The van der Waals surface area contributed by atoms with Crippen molar-refractivity contribution in [2.45, 2.75) is 0 Å². The minimum atomic E-state index is -0.365. The van der Waals surface area contributed by atoms with Crippen molar-refractivity contribution in [1.29, 1.82) is 0 Å². The van der Waals surface area contributed by atoms with E-state index in [1.807, 2.05) is 36.4 Å². The maximum atomic E-state index is 13.0. The molecule has 2 nitrogen and oxygen atoms in total. The van der Waals surface area contributed by atoms with Crippen LogP contribution in [0.15, 0.2) is 84.9 Å². The van der Waals surface area contributed by atoms with Crippen molar-refractivity contribution < 1.29 is 14.3 Å². The Morgan fingerprint density at radius 1 is 0.769 bits per heavy atom. The van der Waals surface area contributed by atoms with Gasteiger partial charge in [-0.25, -0.2) is 4.39 Å². The second-order valence-electron chi connectivity index (χ2n) is 6.12. The van der Waals surface area contributed by atoms with E-state index in [9.17, 15) is 14.3 Å². The van der Waals surface area contributed by atoms with Gasteiger partial charge in [-0.1, -0.05) is 48.5 Å². The molecule has 0 fully saturated rings. The maximum Gasteiger partial charge on any atom is 0.193 e. The molecule has 1 N–H and O–H groups in total. The maximum absolute atomic E-state index is 13.0. The first-order chi connectivity index (χ1) is 12.6. The topological polar surface area (TPSA) is 37.3 Å². The van der Waals surface area contributed by atoms with E-state index in [1.165, 1.54) is 24.3 Å². The molecule has 0 aliphatic rings. The minimum absolute atomic E-state index is 0.146. The summed E-state index contributed by atoms with van der Waals surface area (Å²) in [6.07, 6.45) is 0. The lowest BCUT2D eigenvalue weighted by Gasteiger charge is -2.08. The van der Waals surface area contributed by atoms with E-state index in [4.69, 9.17) is 0 Å². The van der Waals surface area contributed by atoms with Crippen LogP contribution in [0, 0.1) is 5.82 Å². The third-order valence-electron chi connectivity index (χ3n) is 4.43. The van der Waals surface area contributed by atoms with Gasteiger partial charge in [0.2, 0.25) is 0 Å². The van der Waals surface area contributed by atoms with Gasteiger partial charge in [0.15, 0.2) is 5.78 Å². The first kappa shape index (κ1) is 16.0. The number of benzene rings is 4. The first-order valence-electron chi connectivity index (χ1n) is 8.24. The summed E-state index contributed by atoms with van der Waals surface area (Å²) in [6.45, 7) is 0. The van der Waals surface area contributed by atoms with Gasteiger partial charge in [-0.15, -0.1) is 0 Å². The highest BCUT2D eigenvalue weighted by molar-refractivity contribution is 6.09. The zero-order valence-corrected chi connectivity index (χ0v) is 13.8. The Hall–Kier alpha value is -3.46. The number of phenols is 1. The van der Waals surface area contributed by atoms with Crippen LogP contribution in [0.1, 0.15) is 15.9 Å². The van der Waals surface area contributed by atoms with Crippen molar-refractivity contribution >= 4 is 16.6 Å². The number of carbonyl (C=O) groups excluding carboxylic acids is 1. The van der Waals surface area contributed by atoms with Crippen molar-refractivity contribution in [3.63, 3.8) is 0 Å². The number of halogens is 1. The Balaban J connectivity index is 1.71. The Morgan fingerprint density at radius 3 is 2.12 bits per heavy atom. The second kappa shape index (κ2) is 6.45. The number of hydrogen-bond acceptors (Lipinski definition) is 2. The second-order valence-corrected chi connectivity index (χ2v) is 6.12. The summed E-state index contributed by atoms with van der Waals surface area (Å²) < 4.78 is 13.0. The summed E-state index contributed by atoms with van der Waals surface area (Å²) in [6, 6.07) is 24.1. The molecule has 0 bridgehead atoms. The van der Waals surface area contributed by atoms with Gasteiger partial charge in [0.1, 0.15) is 11.6 Å². The van der Waals surface area contributed by atoms with Crippen LogP contribution in [0.3, 0.4) is 0 Å². The molecule has 0 unspecified atom stereocenters.